The van der Waals surface area contributed by atoms with Gasteiger partial charge >= 0.3 is 0 Å². The first-order valence-corrected chi connectivity index (χ1v) is 15.7. The predicted molar refractivity (Wildman–Crippen MR) is 165 cm³/mol. The number of nitrogens with one attached hydrogen (secondary N) is 2. The van der Waals surface area contributed by atoms with E-state index in [0.717, 1.165) is 22.3 Å². The summed E-state index contributed by atoms with van der Waals surface area (Å²) in [7, 11) is 0. The molecule has 1 fully saturated rings. The highest BCUT2D eigenvalue weighted by Crippen LogP contribution is 2.40. The Bertz CT molecular complexity index is 1870. The fourth-order valence-electron chi connectivity index (χ4n) is 5.30. The van der Waals surface area contributed by atoms with Gasteiger partial charge in [-0.25, -0.2) is 26.9 Å². The van der Waals surface area contributed by atoms with E-state index in [2.05, 4.69) is 20.5 Å². The van der Waals surface area contributed by atoms with Crippen molar-refractivity contribution in [2.45, 2.75) is 43.2 Å². The van der Waals surface area contributed by atoms with Crippen LogP contribution in [0.25, 0.3) is 11.1 Å². The molecule has 1 aromatic heterocycles. The molecule has 0 bridgehead atoms. The number of carbonyl (C=O) groups is 1. The van der Waals surface area contributed by atoms with Crippen LogP contribution in [0.5, 0.6) is 0 Å². The van der Waals surface area contributed by atoms with Crippen LogP contribution >= 0.6 is 11.8 Å². The lowest BCUT2D eigenvalue weighted by Gasteiger charge is -2.36. The minimum absolute atomic E-state index is 0.0683. The van der Waals surface area contributed by atoms with E-state index < -0.39 is 46.8 Å². The monoisotopic (exact) mass is 682 g/mol. The lowest BCUT2D eigenvalue weighted by molar-refractivity contribution is -0.245. The van der Waals surface area contributed by atoms with Crippen molar-refractivity contribution in [3.63, 3.8) is 0 Å². The Kier molecular flexibility index (Phi) is 10.2. The highest BCUT2D eigenvalue weighted by atomic mass is 32.2. The number of benzene rings is 4. The third-order valence-corrected chi connectivity index (χ3v) is 8.81. The summed E-state index contributed by atoms with van der Waals surface area (Å²) in [5.41, 5.74) is 2.83. The van der Waals surface area contributed by atoms with Gasteiger partial charge in [0.1, 0.15) is 11.9 Å². The first-order chi connectivity index (χ1) is 23.2. The second kappa shape index (κ2) is 14.6. The average Bonchev–Trinajstić information content (AvgIpc) is 3.65. The number of hydrogen-bond acceptors (Lipinski definition) is 7. The van der Waals surface area contributed by atoms with Crippen molar-refractivity contribution < 1.29 is 41.3 Å². The molecule has 14 heteroatoms. The van der Waals surface area contributed by atoms with Gasteiger partial charge in [-0.05, 0) is 27.8 Å². The number of thioether (sulfide) groups is 1. The first kappa shape index (κ1) is 33.3. The van der Waals surface area contributed by atoms with Gasteiger partial charge in [0.2, 0.25) is 5.82 Å². The third kappa shape index (κ3) is 7.11. The number of aliphatic hydroxyl groups is 1. The minimum atomic E-state index is -2.34. The fraction of sp³-hybridized carbons (Fsp3) is 0.206. The van der Waals surface area contributed by atoms with Gasteiger partial charge in [-0.3, -0.25) is 9.89 Å². The minimum Gasteiger partial charge on any atom is -0.392 e. The number of aliphatic hydroxyl groups excluding tert-OH is 1. The Morgan fingerprint density at radius 1 is 0.875 bits per heavy atom. The molecule has 0 saturated carbocycles. The second-order valence-electron chi connectivity index (χ2n) is 10.9. The number of nitrogens with zero attached hydrogens (tertiary/aromatic N) is 2. The van der Waals surface area contributed by atoms with E-state index in [1.165, 1.54) is 18.1 Å². The Morgan fingerprint density at radius 3 is 2.21 bits per heavy atom. The normalized spacial score (nSPS) is 17.8. The summed E-state index contributed by atoms with van der Waals surface area (Å²) in [6.45, 7) is -0.326. The smallest absolute Gasteiger partial charge is 0.257 e. The lowest BCUT2D eigenvalue weighted by Crippen LogP contribution is -2.31. The summed E-state index contributed by atoms with van der Waals surface area (Å²) >= 11 is 1.48. The van der Waals surface area contributed by atoms with Crippen molar-refractivity contribution in [2.75, 3.05) is 5.75 Å². The summed E-state index contributed by atoms with van der Waals surface area (Å²) in [6, 6.07) is 21.7. The maximum atomic E-state index is 14.2. The molecule has 0 radical (unpaired) electrons. The van der Waals surface area contributed by atoms with Crippen molar-refractivity contribution in [1.82, 2.24) is 20.5 Å². The van der Waals surface area contributed by atoms with Crippen LogP contribution in [0.2, 0.25) is 0 Å². The van der Waals surface area contributed by atoms with E-state index in [1.807, 2.05) is 48.5 Å². The zero-order valence-electron chi connectivity index (χ0n) is 24.9. The van der Waals surface area contributed by atoms with Crippen LogP contribution in [0.15, 0.2) is 84.3 Å². The molecule has 0 spiro atoms. The number of ether oxygens (including phenoxy) is 2. The molecule has 3 atom stereocenters. The molecule has 0 unspecified atom stereocenters. The van der Waals surface area contributed by atoms with Crippen LogP contribution in [0.3, 0.4) is 0 Å². The van der Waals surface area contributed by atoms with Crippen LogP contribution < -0.4 is 5.32 Å². The van der Waals surface area contributed by atoms with Gasteiger partial charge in [-0.1, -0.05) is 84.6 Å². The number of amides is 1. The number of H-pyrrole nitrogens is 1. The molecule has 1 saturated heterocycles. The lowest BCUT2D eigenvalue weighted by atomic mass is 9.97. The third-order valence-electron chi connectivity index (χ3n) is 7.80. The number of rotatable bonds is 10. The van der Waals surface area contributed by atoms with Crippen LogP contribution in [0.4, 0.5) is 22.0 Å². The number of halogens is 5. The molecule has 48 heavy (non-hydrogen) atoms. The zero-order chi connectivity index (χ0) is 33.8. The van der Waals surface area contributed by atoms with Crippen molar-refractivity contribution in [3.8, 4) is 11.1 Å². The van der Waals surface area contributed by atoms with Gasteiger partial charge in [0.25, 0.3) is 5.91 Å². The molecule has 0 aliphatic carbocycles. The summed E-state index contributed by atoms with van der Waals surface area (Å²) in [6.07, 6.45) is 0.800. The fourth-order valence-corrected chi connectivity index (χ4v) is 6.10. The Hall–Kier alpha value is -4.63. The van der Waals surface area contributed by atoms with Gasteiger partial charge in [0, 0.05) is 24.3 Å². The number of aromatic amines is 1. The summed E-state index contributed by atoms with van der Waals surface area (Å²) in [5, 5.41) is 19.1. The Morgan fingerprint density at radius 2 is 1.54 bits per heavy atom. The van der Waals surface area contributed by atoms with Gasteiger partial charge in [0.05, 0.1) is 18.8 Å². The highest BCUT2D eigenvalue weighted by Gasteiger charge is 2.33. The molecule has 1 aliphatic heterocycles. The molecule has 8 nitrogen and oxygen atoms in total. The SMILES string of the molecule is O=C(NCc1ccccc1-c1ccc([C@H]2O[C@@H](CSc3ncn[nH]3)C[C@@H](c3ccc(CO)cc3)O2)cc1)c1c(F)c(F)c(F)c(F)c1F. The van der Waals surface area contributed by atoms with Gasteiger partial charge in [-0.2, -0.15) is 5.10 Å². The quantitative estimate of drug-likeness (QED) is 0.0635. The molecule has 2 heterocycles. The van der Waals surface area contributed by atoms with Crippen LogP contribution in [-0.2, 0) is 22.6 Å². The first-order valence-electron chi connectivity index (χ1n) is 14.7. The van der Waals surface area contributed by atoms with Crippen LogP contribution in [0.1, 0.15) is 51.4 Å². The standard InChI is InChI=1S/C34H27F5N4O4S/c35-27-26(28(36)30(38)31(39)29(27)37)32(45)40-14-22-3-1-2-4-24(22)19-9-11-21(12-10-19)33-46-23(16-48-34-41-17-42-43-34)13-25(47-33)20-7-5-18(15-44)6-8-20/h1-12,17,23,25,33,44H,13-16H2,(H,40,45)(H,41,42,43)/t23-,25+,33+/m1/s1. The molecular weight excluding hydrogens is 655 g/mol. The van der Waals surface area contributed by atoms with E-state index in [0.29, 0.717) is 28.5 Å². The van der Waals surface area contributed by atoms with Crippen LogP contribution in [0, 0.1) is 29.1 Å². The molecule has 5 aromatic rings. The second-order valence-corrected chi connectivity index (χ2v) is 11.9. The van der Waals surface area contributed by atoms with Crippen molar-refractivity contribution in [3.05, 3.63) is 136 Å². The maximum Gasteiger partial charge on any atom is 0.257 e. The molecule has 1 aliphatic rings. The highest BCUT2D eigenvalue weighted by molar-refractivity contribution is 7.99. The molecule has 248 valence electrons. The van der Waals surface area contributed by atoms with E-state index in [-0.39, 0.29) is 25.4 Å². The van der Waals surface area contributed by atoms with Crippen LogP contribution in [-0.4, -0.2) is 38.1 Å². The van der Waals surface area contributed by atoms with Gasteiger partial charge in [0.15, 0.2) is 34.7 Å². The summed E-state index contributed by atoms with van der Waals surface area (Å²) in [5.74, 6) is -12.0. The van der Waals surface area contributed by atoms with E-state index in [1.54, 1.807) is 24.3 Å². The molecule has 1 amide bonds. The maximum absolute atomic E-state index is 14.2. The molecular formula is C34H27F5N4O4S. The molecule has 4 aromatic carbocycles. The largest absolute Gasteiger partial charge is 0.392 e. The van der Waals surface area contributed by atoms with Gasteiger partial charge < -0.3 is 19.9 Å². The number of hydrogen-bond donors (Lipinski definition) is 3. The predicted octanol–water partition coefficient (Wildman–Crippen LogP) is 6.93. The van der Waals surface area contributed by atoms with Gasteiger partial charge in [-0.15, -0.1) is 0 Å². The summed E-state index contributed by atoms with van der Waals surface area (Å²) in [4.78, 5) is 16.7. The summed E-state index contributed by atoms with van der Waals surface area (Å²) < 4.78 is 81.9. The van der Waals surface area contributed by atoms with Crippen molar-refractivity contribution >= 4 is 17.7 Å². The molecule has 6 rings (SSSR count). The van der Waals surface area contributed by atoms with E-state index in [4.69, 9.17) is 9.47 Å². The average molecular weight is 683 g/mol. The van der Waals surface area contributed by atoms with Crippen molar-refractivity contribution in [2.24, 2.45) is 0 Å². The Labute approximate surface area is 275 Å². The number of aromatic nitrogens is 3. The Balaban J connectivity index is 1.19. The topological polar surface area (TPSA) is 109 Å². The van der Waals surface area contributed by atoms with E-state index >= 15 is 0 Å². The van der Waals surface area contributed by atoms with Crippen molar-refractivity contribution in [1.29, 1.82) is 0 Å². The molecule has 3 N–H and O–H groups in total. The zero-order valence-corrected chi connectivity index (χ0v) is 25.7. The number of carbonyl (C=O) groups excluding carboxylic acids is 1. The van der Waals surface area contributed by atoms with E-state index in [9.17, 15) is 31.9 Å².